The topological polar surface area (TPSA) is 55.1 Å². The number of hydrogen-bond donors (Lipinski definition) is 2. The summed E-state index contributed by atoms with van der Waals surface area (Å²) in [5, 5.41) is 3.44. The van der Waals surface area contributed by atoms with Crippen molar-refractivity contribution in [2.75, 3.05) is 0 Å². The average molecular weight is 245 g/mol. The highest BCUT2D eigenvalue weighted by Crippen LogP contribution is 2.26. The summed E-state index contributed by atoms with van der Waals surface area (Å²) >= 11 is 11.7. The second kappa shape index (κ2) is 4.00. The molecule has 15 heavy (non-hydrogen) atoms. The highest BCUT2D eigenvalue weighted by atomic mass is 35.5. The van der Waals surface area contributed by atoms with Crippen molar-refractivity contribution in [2.45, 2.75) is 18.5 Å². The zero-order valence-corrected chi connectivity index (χ0v) is 9.35. The molecule has 1 aliphatic carbocycles. The summed E-state index contributed by atoms with van der Waals surface area (Å²) in [5.41, 5.74) is 5.98. The number of rotatable bonds is 2. The van der Waals surface area contributed by atoms with Crippen molar-refractivity contribution in [1.82, 2.24) is 5.32 Å². The summed E-state index contributed by atoms with van der Waals surface area (Å²) in [7, 11) is 0. The predicted octanol–water partition coefficient (Wildman–Crippen LogP) is 1.82. The van der Waals surface area contributed by atoms with E-state index in [0.717, 1.165) is 6.42 Å². The van der Waals surface area contributed by atoms with Gasteiger partial charge in [-0.05, 0) is 18.6 Å². The molecule has 1 fully saturated rings. The van der Waals surface area contributed by atoms with Crippen LogP contribution in [0.2, 0.25) is 10.0 Å². The lowest BCUT2D eigenvalue weighted by atomic mass is 10.2. The van der Waals surface area contributed by atoms with Gasteiger partial charge in [0.05, 0.1) is 15.6 Å². The smallest absolute Gasteiger partial charge is 0.253 e. The summed E-state index contributed by atoms with van der Waals surface area (Å²) in [4.78, 5) is 11.7. The van der Waals surface area contributed by atoms with Crippen LogP contribution in [0.5, 0.6) is 0 Å². The molecule has 1 aliphatic rings. The van der Waals surface area contributed by atoms with Crippen molar-refractivity contribution in [1.29, 1.82) is 0 Å². The molecule has 0 heterocycles. The molecule has 0 bridgehead atoms. The summed E-state index contributed by atoms with van der Waals surface area (Å²) in [6, 6.07) is 5.12. The highest BCUT2D eigenvalue weighted by Gasteiger charge is 2.35. The van der Waals surface area contributed by atoms with Gasteiger partial charge in [-0.2, -0.15) is 0 Å². The Morgan fingerprint density at radius 2 is 2.13 bits per heavy atom. The van der Waals surface area contributed by atoms with Crippen LogP contribution in [-0.4, -0.2) is 18.0 Å². The van der Waals surface area contributed by atoms with E-state index in [9.17, 15) is 4.79 Å². The number of hydrogen-bond acceptors (Lipinski definition) is 2. The van der Waals surface area contributed by atoms with Gasteiger partial charge in [-0.15, -0.1) is 0 Å². The monoisotopic (exact) mass is 244 g/mol. The van der Waals surface area contributed by atoms with Gasteiger partial charge in [0.1, 0.15) is 0 Å². The third-order valence-electron chi connectivity index (χ3n) is 2.35. The number of carbonyl (C=O) groups excluding carboxylic acids is 1. The lowest BCUT2D eigenvalue weighted by Crippen LogP contribution is -2.29. The minimum Gasteiger partial charge on any atom is -0.348 e. The summed E-state index contributed by atoms with van der Waals surface area (Å²) in [5.74, 6) is -0.222. The molecule has 0 aromatic heterocycles. The van der Waals surface area contributed by atoms with Gasteiger partial charge in [-0.25, -0.2) is 0 Å². The molecule has 0 radical (unpaired) electrons. The number of halogens is 2. The Bertz CT molecular complexity index is 408. The van der Waals surface area contributed by atoms with Crippen molar-refractivity contribution < 1.29 is 4.79 Å². The maximum atomic E-state index is 11.7. The van der Waals surface area contributed by atoms with Crippen LogP contribution < -0.4 is 11.1 Å². The Morgan fingerprint density at radius 1 is 1.47 bits per heavy atom. The van der Waals surface area contributed by atoms with Crippen LogP contribution in [0.3, 0.4) is 0 Å². The molecule has 1 aromatic rings. The second-order valence-corrected chi connectivity index (χ2v) is 4.37. The van der Waals surface area contributed by atoms with Gasteiger partial charge >= 0.3 is 0 Å². The lowest BCUT2D eigenvalue weighted by Gasteiger charge is -2.06. The zero-order chi connectivity index (χ0) is 11.0. The fourth-order valence-corrected chi connectivity index (χ4v) is 1.69. The van der Waals surface area contributed by atoms with Crippen molar-refractivity contribution in [3.8, 4) is 0 Å². The van der Waals surface area contributed by atoms with Crippen LogP contribution in [-0.2, 0) is 0 Å². The van der Waals surface area contributed by atoms with Gasteiger partial charge < -0.3 is 11.1 Å². The Balaban J connectivity index is 2.14. The zero-order valence-electron chi connectivity index (χ0n) is 7.84. The summed E-state index contributed by atoms with van der Waals surface area (Å²) in [6.07, 6.45) is 0.823. The van der Waals surface area contributed by atoms with E-state index in [-0.39, 0.29) is 23.0 Å². The van der Waals surface area contributed by atoms with Gasteiger partial charge in [0.2, 0.25) is 0 Å². The molecule has 5 heteroatoms. The van der Waals surface area contributed by atoms with Gasteiger partial charge in [-0.1, -0.05) is 29.3 Å². The molecular formula is C10H10Cl2N2O. The Morgan fingerprint density at radius 3 is 2.73 bits per heavy atom. The third kappa shape index (κ3) is 2.25. The number of nitrogens with two attached hydrogens (primary N) is 1. The van der Waals surface area contributed by atoms with E-state index in [0.29, 0.717) is 10.6 Å². The van der Waals surface area contributed by atoms with Crippen molar-refractivity contribution in [3.63, 3.8) is 0 Å². The summed E-state index contributed by atoms with van der Waals surface area (Å²) in [6.45, 7) is 0. The maximum absolute atomic E-state index is 11.7. The van der Waals surface area contributed by atoms with E-state index in [1.54, 1.807) is 18.2 Å². The van der Waals surface area contributed by atoms with E-state index in [4.69, 9.17) is 28.9 Å². The van der Waals surface area contributed by atoms with Crippen LogP contribution in [0.1, 0.15) is 16.8 Å². The van der Waals surface area contributed by atoms with E-state index < -0.39 is 0 Å². The average Bonchev–Trinajstić information content (AvgIpc) is 2.86. The Labute approximate surface area is 97.5 Å². The maximum Gasteiger partial charge on any atom is 0.253 e. The third-order valence-corrected chi connectivity index (χ3v) is 3.17. The van der Waals surface area contributed by atoms with Crippen LogP contribution in [0.25, 0.3) is 0 Å². The standard InChI is InChI=1S/C10H10Cl2N2O/c11-6-3-1-2-5(9(6)12)10(15)14-8-4-7(8)13/h1-3,7-8H,4,13H2,(H,14,15). The highest BCUT2D eigenvalue weighted by molar-refractivity contribution is 6.43. The van der Waals surface area contributed by atoms with Crippen molar-refractivity contribution in [3.05, 3.63) is 33.8 Å². The molecule has 0 spiro atoms. The Kier molecular flexibility index (Phi) is 2.87. The SMILES string of the molecule is NC1CC1NC(=O)c1cccc(Cl)c1Cl. The largest absolute Gasteiger partial charge is 0.348 e. The first-order chi connectivity index (χ1) is 7.09. The first kappa shape index (κ1) is 10.7. The van der Waals surface area contributed by atoms with E-state index in [2.05, 4.69) is 5.32 Å². The lowest BCUT2D eigenvalue weighted by molar-refractivity contribution is 0.0950. The molecule has 80 valence electrons. The number of nitrogens with one attached hydrogen (secondary N) is 1. The second-order valence-electron chi connectivity index (χ2n) is 3.58. The van der Waals surface area contributed by atoms with Crippen LogP contribution >= 0.6 is 23.2 Å². The molecule has 1 saturated carbocycles. The molecule has 2 unspecified atom stereocenters. The molecule has 0 aliphatic heterocycles. The molecule has 0 saturated heterocycles. The number of carbonyl (C=O) groups is 1. The van der Waals surface area contributed by atoms with Gasteiger partial charge in [0.15, 0.2) is 0 Å². The van der Waals surface area contributed by atoms with Crippen molar-refractivity contribution >= 4 is 29.1 Å². The van der Waals surface area contributed by atoms with Gasteiger partial charge in [-0.3, -0.25) is 4.79 Å². The van der Waals surface area contributed by atoms with Crippen LogP contribution in [0.15, 0.2) is 18.2 Å². The van der Waals surface area contributed by atoms with Gasteiger partial charge in [0, 0.05) is 12.1 Å². The van der Waals surface area contributed by atoms with E-state index >= 15 is 0 Å². The van der Waals surface area contributed by atoms with Crippen molar-refractivity contribution in [2.24, 2.45) is 5.73 Å². The normalized spacial score (nSPS) is 23.7. The quantitative estimate of drug-likeness (QED) is 0.834. The molecule has 3 nitrogen and oxygen atoms in total. The minimum absolute atomic E-state index is 0.0758. The predicted molar refractivity (Wildman–Crippen MR) is 60.3 cm³/mol. The molecule has 3 N–H and O–H groups in total. The summed E-state index contributed by atoms with van der Waals surface area (Å²) < 4.78 is 0. The molecular weight excluding hydrogens is 235 g/mol. The fourth-order valence-electron chi connectivity index (χ4n) is 1.31. The minimum atomic E-state index is -0.222. The first-order valence-corrected chi connectivity index (χ1v) is 5.35. The van der Waals surface area contributed by atoms with E-state index in [1.165, 1.54) is 0 Å². The fraction of sp³-hybridized carbons (Fsp3) is 0.300. The first-order valence-electron chi connectivity index (χ1n) is 4.60. The van der Waals surface area contributed by atoms with Crippen LogP contribution in [0, 0.1) is 0 Å². The number of benzene rings is 1. The van der Waals surface area contributed by atoms with Crippen LogP contribution in [0.4, 0.5) is 0 Å². The molecule has 1 aromatic carbocycles. The molecule has 2 rings (SSSR count). The number of amides is 1. The molecule has 1 amide bonds. The Hall–Kier alpha value is -0.770. The molecule has 2 atom stereocenters. The van der Waals surface area contributed by atoms with E-state index in [1.807, 2.05) is 0 Å². The van der Waals surface area contributed by atoms with Gasteiger partial charge in [0.25, 0.3) is 5.91 Å².